The lowest BCUT2D eigenvalue weighted by Gasteiger charge is -2.33. The Hall–Kier alpha value is -2.89. The third-order valence-corrected chi connectivity index (χ3v) is 5.31. The second kappa shape index (κ2) is 8.20. The number of ketones is 1. The van der Waals surface area contributed by atoms with Crippen LogP contribution in [0.15, 0.2) is 42.5 Å². The number of nitro groups is 1. The van der Waals surface area contributed by atoms with Crippen LogP contribution in [0.1, 0.15) is 42.1 Å². The summed E-state index contributed by atoms with van der Waals surface area (Å²) in [6.07, 6.45) is 4.02. The van der Waals surface area contributed by atoms with Gasteiger partial charge in [-0.1, -0.05) is 12.1 Å². The molecule has 1 N–H and O–H groups in total. The number of phenolic OH excluding ortho intramolecular Hbond substituents is 1. The number of carbonyl (C=O) groups is 1. The van der Waals surface area contributed by atoms with Crippen LogP contribution in [0.5, 0.6) is 5.75 Å². The van der Waals surface area contributed by atoms with E-state index in [2.05, 4.69) is 4.90 Å². The Bertz CT molecular complexity index is 825. The highest BCUT2D eigenvalue weighted by molar-refractivity contribution is 5.95. The van der Waals surface area contributed by atoms with Crippen LogP contribution in [0.25, 0.3) is 0 Å². The zero-order chi connectivity index (χ0) is 19.4. The molecule has 0 unspecified atom stereocenters. The van der Waals surface area contributed by atoms with E-state index in [4.69, 9.17) is 0 Å². The molecule has 0 aromatic heterocycles. The van der Waals surface area contributed by atoms with E-state index >= 15 is 0 Å². The molecule has 1 heterocycles. The molecule has 6 nitrogen and oxygen atoms in total. The Morgan fingerprint density at radius 2 is 1.85 bits per heavy atom. The van der Waals surface area contributed by atoms with Gasteiger partial charge in [-0.2, -0.15) is 0 Å². The number of benzene rings is 2. The lowest BCUT2D eigenvalue weighted by molar-refractivity contribution is -0.384. The van der Waals surface area contributed by atoms with E-state index in [-0.39, 0.29) is 17.2 Å². The lowest BCUT2D eigenvalue weighted by atomic mass is 9.90. The second-order valence-electron chi connectivity index (χ2n) is 7.15. The number of anilines is 1. The molecule has 0 saturated carbocycles. The first-order valence-electron chi connectivity index (χ1n) is 9.26. The molecule has 0 spiro atoms. The number of carbonyl (C=O) groups excluding carboxylic acids is 1. The molecule has 27 heavy (non-hydrogen) atoms. The summed E-state index contributed by atoms with van der Waals surface area (Å²) in [4.78, 5) is 24.6. The van der Waals surface area contributed by atoms with Crippen LogP contribution < -0.4 is 4.90 Å². The summed E-state index contributed by atoms with van der Waals surface area (Å²) in [5.41, 5.74) is 2.19. The summed E-state index contributed by atoms with van der Waals surface area (Å²) < 4.78 is 0. The summed E-state index contributed by atoms with van der Waals surface area (Å²) in [6, 6.07) is 12.1. The summed E-state index contributed by atoms with van der Waals surface area (Å²) in [5, 5.41) is 20.8. The molecule has 0 aliphatic carbocycles. The predicted molar refractivity (Wildman–Crippen MR) is 104 cm³/mol. The molecular weight excluding hydrogens is 344 g/mol. The Labute approximate surface area is 158 Å². The van der Waals surface area contributed by atoms with Crippen molar-refractivity contribution >= 4 is 17.2 Å². The molecule has 0 amide bonds. The Balaban J connectivity index is 1.61. The van der Waals surface area contributed by atoms with Crippen LogP contribution in [-0.4, -0.2) is 28.9 Å². The molecule has 142 valence electrons. The molecule has 1 aliphatic rings. The number of rotatable bonds is 6. The average molecular weight is 368 g/mol. The fourth-order valence-electron chi connectivity index (χ4n) is 3.65. The van der Waals surface area contributed by atoms with Gasteiger partial charge in [0.05, 0.1) is 4.92 Å². The fraction of sp³-hybridized carbons (Fsp3) is 0.381. The summed E-state index contributed by atoms with van der Waals surface area (Å²) in [7, 11) is 0. The third kappa shape index (κ3) is 4.64. The van der Waals surface area contributed by atoms with E-state index < -0.39 is 4.92 Å². The van der Waals surface area contributed by atoms with Crippen LogP contribution in [0, 0.1) is 16.0 Å². The van der Waals surface area contributed by atoms with Crippen molar-refractivity contribution in [1.82, 2.24) is 0 Å². The highest BCUT2D eigenvalue weighted by Crippen LogP contribution is 2.33. The van der Waals surface area contributed by atoms with Crippen LogP contribution in [-0.2, 0) is 6.42 Å². The van der Waals surface area contributed by atoms with Gasteiger partial charge in [0.1, 0.15) is 11.4 Å². The lowest BCUT2D eigenvalue weighted by Crippen LogP contribution is -2.34. The van der Waals surface area contributed by atoms with Crippen molar-refractivity contribution in [1.29, 1.82) is 0 Å². The van der Waals surface area contributed by atoms with Crippen LogP contribution in [0.4, 0.5) is 11.4 Å². The van der Waals surface area contributed by atoms with Gasteiger partial charge in [-0.05, 0) is 68.4 Å². The maximum atomic E-state index is 11.5. The predicted octanol–water partition coefficient (Wildman–Crippen LogP) is 4.35. The molecule has 1 fully saturated rings. The smallest absolute Gasteiger partial charge is 0.293 e. The van der Waals surface area contributed by atoms with Crippen molar-refractivity contribution in [2.75, 3.05) is 18.0 Å². The minimum absolute atomic E-state index is 0.00485. The first-order chi connectivity index (χ1) is 12.9. The van der Waals surface area contributed by atoms with Gasteiger partial charge < -0.3 is 10.0 Å². The molecular formula is C21H24N2O4. The summed E-state index contributed by atoms with van der Waals surface area (Å²) >= 11 is 0. The SMILES string of the molecule is CC(=O)c1ccc(N2CCC(CCc3ccc(O)cc3)CC2)c([N+](=O)[O-])c1. The number of aryl methyl sites for hydroxylation is 1. The average Bonchev–Trinajstić information content (AvgIpc) is 2.67. The molecule has 0 bridgehead atoms. The molecule has 2 aromatic rings. The van der Waals surface area contributed by atoms with E-state index in [1.54, 1.807) is 24.3 Å². The molecule has 2 aromatic carbocycles. The quantitative estimate of drug-likeness (QED) is 0.465. The van der Waals surface area contributed by atoms with E-state index in [1.165, 1.54) is 18.6 Å². The summed E-state index contributed by atoms with van der Waals surface area (Å²) in [5.74, 6) is 0.702. The highest BCUT2D eigenvalue weighted by atomic mass is 16.6. The van der Waals surface area contributed by atoms with Crippen molar-refractivity contribution in [3.63, 3.8) is 0 Å². The number of nitro benzene ring substituents is 1. The van der Waals surface area contributed by atoms with Crippen molar-refractivity contribution in [3.8, 4) is 5.75 Å². The van der Waals surface area contributed by atoms with E-state index in [9.17, 15) is 20.0 Å². The van der Waals surface area contributed by atoms with Crippen molar-refractivity contribution in [2.24, 2.45) is 5.92 Å². The Morgan fingerprint density at radius 1 is 1.19 bits per heavy atom. The third-order valence-electron chi connectivity index (χ3n) is 5.31. The van der Waals surface area contributed by atoms with E-state index in [1.807, 2.05) is 12.1 Å². The minimum Gasteiger partial charge on any atom is -0.508 e. The minimum atomic E-state index is -0.404. The van der Waals surface area contributed by atoms with Gasteiger partial charge in [0, 0.05) is 24.7 Å². The van der Waals surface area contributed by atoms with Crippen LogP contribution >= 0.6 is 0 Å². The molecule has 3 rings (SSSR count). The van der Waals surface area contributed by atoms with Crippen molar-refractivity contribution < 1.29 is 14.8 Å². The fourth-order valence-corrected chi connectivity index (χ4v) is 3.65. The van der Waals surface area contributed by atoms with Gasteiger partial charge in [-0.25, -0.2) is 0 Å². The number of aromatic hydroxyl groups is 1. The zero-order valence-electron chi connectivity index (χ0n) is 15.4. The maximum absolute atomic E-state index is 11.5. The Morgan fingerprint density at radius 3 is 2.44 bits per heavy atom. The first kappa shape index (κ1) is 18.9. The topological polar surface area (TPSA) is 83.7 Å². The van der Waals surface area contributed by atoms with Gasteiger partial charge in [-0.15, -0.1) is 0 Å². The highest BCUT2D eigenvalue weighted by Gasteiger charge is 2.25. The molecule has 0 atom stereocenters. The van der Waals surface area contributed by atoms with Gasteiger partial charge in [0.15, 0.2) is 5.78 Å². The van der Waals surface area contributed by atoms with Crippen LogP contribution in [0.2, 0.25) is 0 Å². The number of phenols is 1. The number of nitrogens with zero attached hydrogens (tertiary/aromatic N) is 2. The van der Waals surface area contributed by atoms with E-state index in [0.717, 1.165) is 38.8 Å². The molecule has 1 saturated heterocycles. The first-order valence-corrected chi connectivity index (χ1v) is 9.26. The van der Waals surface area contributed by atoms with Gasteiger partial charge in [0.2, 0.25) is 0 Å². The largest absolute Gasteiger partial charge is 0.508 e. The molecule has 1 aliphatic heterocycles. The number of hydrogen-bond acceptors (Lipinski definition) is 5. The monoisotopic (exact) mass is 368 g/mol. The second-order valence-corrected chi connectivity index (χ2v) is 7.15. The van der Waals surface area contributed by atoms with Crippen LogP contribution in [0.3, 0.4) is 0 Å². The summed E-state index contributed by atoms with van der Waals surface area (Å²) in [6.45, 7) is 2.97. The number of hydrogen-bond donors (Lipinski definition) is 1. The molecule has 0 radical (unpaired) electrons. The maximum Gasteiger partial charge on any atom is 0.293 e. The zero-order valence-corrected chi connectivity index (χ0v) is 15.4. The van der Waals surface area contributed by atoms with Crippen molar-refractivity contribution in [3.05, 3.63) is 63.7 Å². The number of Topliss-reactive ketones (excluding diaryl/α,β-unsaturated/α-hetero) is 1. The normalized spacial score (nSPS) is 14.9. The van der Waals surface area contributed by atoms with E-state index in [0.29, 0.717) is 17.2 Å². The van der Waals surface area contributed by atoms with Gasteiger partial charge >= 0.3 is 0 Å². The van der Waals surface area contributed by atoms with Gasteiger partial charge in [-0.3, -0.25) is 14.9 Å². The Kier molecular flexibility index (Phi) is 5.74. The van der Waals surface area contributed by atoms with Gasteiger partial charge in [0.25, 0.3) is 5.69 Å². The van der Waals surface area contributed by atoms with Crippen molar-refractivity contribution in [2.45, 2.75) is 32.6 Å². The standard InChI is InChI=1S/C21H24N2O4/c1-15(24)18-6-9-20(21(14-18)23(26)27)22-12-10-17(11-13-22)3-2-16-4-7-19(25)8-5-16/h4-9,14,17,25H,2-3,10-13H2,1H3. The molecule has 6 heteroatoms. The number of piperidine rings is 1.